The van der Waals surface area contributed by atoms with Crippen LogP contribution < -0.4 is 4.90 Å². The topological polar surface area (TPSA) is 61.8 Å². The molecule has 1 fully saturated rings. The summed E-state index contributed by atoms with van der Waals surface area (Å²) in [6, 6.07) is 7.77. The van der Waals surface area contributed by atoms with Crippen molar-refractivity contribution in [2.75, 3.05) is 57.9 Å². The molecule has 2 heterocycles. The van der Waals surface area contributed by atoms with Crippen molar-refractivity contribution in [1.82, 2.24) is 19.8 Å². The van der Waals surface area contributed by atoms with Gasteiger partial charge in [0.2, 0.25) is 5.91 Å². The number of ether oxygens (including phenoxy) is 1. The fraction of sp³-hybridized carbons (Fsp3) is 0.621. The zero-order chi connectivity index (χ0) is 26.6. The van der Waals surface area contributed by atoms with Crippen LogP contribution in [0.5, 0.6) is 0 Å². The number of benzene rings is 1. The molecule has 1 aromatic carbocycles. The Kier molecular flexibility index (Phi) is 9.09. The first-order valence-electron chi connectivity index (χ1n) is 13.6. The average Bonchev–Trinajstić information content (AvgIpc) is 3.30. The summed E-state index contributed by atoms with van der Waals surface area (Å²) >= 11 is 6.20. The fourth-order valence-corrected chi connectivity index (χ4v) is 5.67. The van der Waals surface area contributed by atoms with Crippen molar-refractivity contribution in [2.45, 2.75) is 64.3 Å². The van der Waals surface area contributed by atoms with Gasteiger partial charge in [0.25, 0.3) is 0 Å². The van der Waals surface area contributed by atoms with Crippen LogP contribution in [0.2, 0.25) is 5.02 Å². The van der Waals surface area contributed by atoms with Crippen molar-refractivity contribution in [1.29, 1.82) is 0 Å². The van der Waals surface area contributed by atoms with Crippen molar-refractivity contribution in [2.24, 2.45) is 0 Å². The van der Waals surface area contributed by atoms with Gasteiger partial charge in [-0.1, -0.05) is 37.6 Å². The quantitative estimate of drug-likeness (QED) is 0.444. The fourth-order valence-electron chi connectivity index (χ4n) is 5.54. The molecule has 202 valence electrons. The summed E-state index contributed by atoms with van der Waals surface area (Å²) < 4.78 is 5.41. The molecule has 1 amide bonds. The molecule has 0 bridgehead atoms. The van der Waals surface area contributed by atoms with Gasteiger partial charge in [0.1, 0.15) is 12.1 Å². The molecule has 7 nitrogen and oxygen atoms in total. The van der Waals surface area contributed by atoms with Crippen LogP contribution in [-0.4, -0.2) is 84.2 Å². The van der Waals surface area contributed by atoms with E-state index in [1.807, 2.05) is 29.2 Å². The number of carbonyl (C=O) groups excluding carboxylic acids is 1. The number of amides is 1. The van der Waals surface area contributed by atoms with Crippen LogP contribution in [0.3, 0.4) is 0 Å². The van der Waals surface area contributed by atoms with Gasteiger partial charge in [0, 0.05) is 68.2 Å². The lowest BCUT2D eigenvalue weighted by molar-refractivity contribution is -0.134. The van der Waals surface area contributed by atoms with E-state index in [9.17, 15) is 4.79 Å². The maximum absolute atomic E-state index is 14.1. The first kappa shape index (κ1) is 27.8. The highest BCUT2D eigenvalue weighted by molar-refractivity contribution is 6.30. The molecule has 2 atom stereocenters. The van der Waals surface area contributed by atoms with E-state index in [0.29, 0.717) is 37.2 Å². The summed E-state index contributed by atoms with van der Waals surface area (Å²) in [5, 5.41) is 0.681. The maximum Gasteiger partial charge on any atom is 0.231 e. The predicted molar refractivity (Wildman–Crippen MR) is 150 cm³/mol. The van der Waals surface area contributed by atoms with Crippen LogP contribution in [0.15, 0.2) is 30.6 Å². The Morgan fingerprint density at radius 2 is 1.89 bits per heavy atom. The molecule has 4 rings (SSSR count). The monoisotopic (exact) mass is 527 g/mol. The highest BCUT2D eigenvalue weighted by Crippen LogP contribution is 2.37. The van der Waals surface area contributed by atoms with Gasteiger partial charge in [0.05, 0.1) is 12.5 Å². The second kappa shape index (κ2) is 12.1. The first-order valence-corrected chi connectivity index (χ1v) is 14.0. The minimum absolute atomic E-state index is 0.0493. The second-order valence-corrected chi connectivity index (χ2v) is 11.5. The zero-order valence-electron chi connectivity index (χ0n) is 23.0. The number of aryl methyl sites for hydroxylation is 1. The first-order chi connectivity index (χ1) is 17.7. The van der Waals surface area contributed by atoms with Gasteiger partial charge in [-0.15, -0.1) is 0 Å². The number of hydrogen-bond acceptors (Lipinski definition) is 6. The van der Waals surface area contributed by atoms with Crippen LogP contribution >= 0.6 is 11.6 Å². The number of halogens is 1. The van der Waals surface area contributed by atoms with E-state index >= 15 is 0 Å². The molecule has 8 heteroatoms. The lowest BCUT2D eigenvalue weighted by Gasteiger charge is -2.42. The second-order valence-electron chi connectivity index (χ2n) is 11.0. The molecule has 0 spiro atoms. The smallest absolute Gasteiger partial charge is 0.231 e. The van der Waals surface area contributed by atoms with Crippen LogP contribution in [0.25, 0.3) is 0 Å². The SMILES string of the molecule is CCC(C)(C)N(CCOC)CC(C(=O)N1CCN(c2ncnc3c2C(C)CC3)CC1)c1ccc(Cl)cc1. The standard InChI is InChI=1S/C29H42ClN5O2/c1-6-29(3,4)35(17-18-37-5)19-24(22-8-10-23(30)11-9-22)28(36)34-15-13-33(14-16-34)27-26-21(2)7-12-25(26)31-20-32-27/h8-11,20-21,24H,6-7,12-19H2,1-5H3. The molecule has 37 heavy (non-hydrogen) atoms. The Hall–Kier alpha value is -2.22. The number of aromatic nitrogens is 2. The van der Waals surface area contributed by atoms with E-state index in [2.05, 4.69) is 47.5 Å². The number of carbonyl (C=O) groups is 1. The molecule has 0 radical (unpaired) electrons. The highest BCUT2D eigenvalue weighted by atomic mass is 35.5. The lowest BCUT2D eigenvalue weighted by Crippen LogP contribution is -2.53. The van der Waals surface area contributed by atoms with Crippen LogP contribution in [0, 0.1) is 0 Å². The van der Waals surface area contributed by atoms with Gasteiger partial charge in [-0.25, -0.2) is 9.97 Å². The largest absolute Gasteiger partial charge is 0.383 e. The summed E-state index contributed by atoms with van der Waals surface area (Å²) in [5.41, 5.74) is 3.45. The third-order valence-corrected chi connectivity index (χ3v) is 8.66. The molecule has 1 aliphatic heterocycles. The summed E-state index contributed by atoms with van der Waals surface area (Å²) in [5.74, 6) is 1.46. The van der Waals surface area contributed by atoms with Gasteiger partial charge >= 0.3 is 0 Å². The van der Waals surface area contributed by atoms with Gasteiger partial charge in [-0.2, -0.15) is 0 Å². The average molecular weight is 528 g/mol. The molecule has 0 N–H and O–H groups in total. The molecular weight excluding hydrogens is 486 g/mol. The Morgan fingerprint density at radius 1 is 1.19 bits per heavy atom. The van der Waals surface area contributed by atoms with Crippen molar-refractivity contribution >= 4 is 23.3 Å². The zero-order valence-corrected chi connectivity index (χ0v) is 23.8. The molecule has 1 aromatic heterocycles. The Morgan fingerprint density at radius 3 is 2.54 bits per heavy atom. The van der Waals surface area contributed by atoms with E-state index in [1.165, 1.54) is 11.3 Å². The summed E-state index contributed by atoms with van der Waals surface area (Å²) in [6.45, 7) is 13.9. The van der Waals surface area contributed by atoms with Gasteiger partial charge in [-0.3, -0.25) is 9.69 Å². The van der Waals surface area contributed by atoms with E-state index in [-0.39, 0.29) is 17.4 Å². The number of methoxy groups -OCH3 is 1. The molecule has 1 aliphatic carbocycles. The van der Waals surface area contributed by atoms with E-state index in [1.54, 1.807) is 13.4 Å². The predicted octanol–water partition coefficient (Wildman–Crippen LogP) is 4.75. The van der Waals surface area contributed by atoms with Crippen molar-refractivity contribution in [3.05, 3.63) is 52.4 Å². The summed E-state index contributed by atoms with van der Waals surface area (Å²) in [6.07, 6.45) is 4.85. The van der Waals surface area contributed by atoms with Crippen LogP contribution in [-0.2, 0) is 16.0 Å². The minimum Gasteiger partial charge on any atom is -0.383 e. The van der Waals surface area contributed by atoms with Gasteiger partial charge < -0.3 is 14.5 Å². The Balaban J connectivity index is 1.52. The van der Waals surface area contributed by atoms with E-state index in [4.69, 9.17) is 16.3 Å². The maximum atomic E-state index is 14.1. The van der Waals surface area contributed by atoms with Crippen molar-refractivity contribution in [3.8, 4) is 0 Å². The number of fused-ring (bicyclic) bond motifs is 1. The molecule has 0 saturated carbocycles. The van der Waals surface area contributed by atoms with E-state index in [0.717, 1.165) is 50.3 Å². The number of hydrogen-bond donors (Lipinski definition) is 0. The number of rotatable bonds is 10. The van der Waals surface area contributed by atoms with Crippen LogP contribution in [0.4, 0.5) is 5.82 Å². The minimum atomic E-state index is -0.269. The molecule has 2 aliphatic rings. The number of anilines is 1. The summed E-state index contributed by atoms with van der Waals surface area (Å²) in [4.78, 5) is 30.0. The normalized spacial score (nSPS) is 18.8. The molecule has 2 unspecified atom stereocenters. The van der Waals surface area contributed by atoms with Crippen molar-refractivity contribution < 1.29 is 9.53 Å². The molecular formula is C29H42ClN5O2. The number of nitrogens with zero attached hydrogens (tertiary/aromatic N) is 5. The Bertz CT molecular complexity index is 1050. The third kappa shape index (κ3) is 6.27. The third-order valence-electron chi connectivity index (χ3n) is 8.40. The van der Waals surface area contributed by atoms with E-state index < -0.39 is 0 Å². The van der Waals surface area contributed by atoms with Gasteiger partial charge in [-0.05, 0) is 56.7 Å². The Labute approximate surface area is 227 Å². The van der Waals surface area contributed by atoms with Crippen LogP contribution in [0.1, 0.15) is 69.2 Å². The summed E-state index contributed by atoms with van der Waals surface area (Å²) in [7, 11) is 1.73. The highest BCUT2D eigenvalue weighted by Gasteiger charge is 2.35. The lowest BCUT2D eigenvalue weighted by atomic mass is 9.92. The molecule has 1 saturated heterocycles. The van der Waals surface area contributed by atoms with Crippen molar-refractivity contribution in [3.63, 3.8) is 0 Å². The number of piperazine rings is 1. The molecule has 2 aromatic rings. The van der Waals surface area contributed by atoms with Gasteiger partial charge in [0.15, 0.2) is 0 Å².